The quantitative estimate of drug-likeness (QED) is 0.300. The lowest BCUT2D eigenvalue weighted by atomic mass is 9.78. The Morgan fingerprint density at radius 3 is 2.06 bits per heavy atom. The fourth-order valence-electron chi connectivity index (χ4n) is 5.36. The molecule has 0 radical (unpaired) electrons. The van der Waals surface area contributed by atoms with E-state index in [1.807, 2.05) is 0 Å². The van der Waals surface area contributed by atoms with E-state index in [0.717, 1.165) is 12.0 Å². The van der Waals surface area contributed by atoms with Crippen LogP contribution in [-0.2, 0) is 6.42 Å². The van der Waals surface area contributed by atoms with Gasteiger partial charge in [-0.15, -0.1) is 0 Å². The van der Waals surface area contributed by atoms with Crippen molar-refractivity contribution in [3.05, 3.63) is 82.4 Å². The van der Waals surface area contributed by atoms with E-state index in [1.54, 1.807) is 0 Å². The lowest BCUT2D eigenvalue weighted by Crippen LogP contribution is -2.05. The first-order chi connectivity index (χ1) is 15.3. The van der Waals surface area contributed by atoms with Gasteiger partial charge in [0.25, 0.3) is 0 Å². The Bertz CT molecular complexity index is 1140. The van der Waals surface area contributed by atoms with Gasteiger partial charge in [-0.2, -0.15) is 0 Å². The van der Waals surface area contributed by atoms with E-state index in [4.69, 9.17) is 0 Å². The maximum atomic E-state index is 4.40. The average molecular weight is 425 g/mol. The summed E-state index contributed by atoms with van der Waals surface area (Å²) in [6, 6.07) is 10.9. The van der Waals surface area contributed by atoms with Crippen molar-refractivity contribution >= 4 is 22.4 Å². The maximum Gasteiger partial charge on any atom is -0.00219 e. The third kappa shape index (κ3) is 4.33. The molecule has 3 rings (SSSR count). The summed E-state index contributed by atoms with van der Waals surface area (Å²) in [6.45, 7) is 22.3. The van der Waals surface area contributed by atoms with Crippen LogP contribution in [0.4, 0.5) is 0 Å². The monoisotopic (exact) mass is 424 g/mol. The lowest BCUT2D eigenvalue weighted by Gasteiger charge is -2.26. The SMILES string of the molecule is C=Cc1c(CCCCCCC)c(C)c(C)c2c(-c3ccccc3)c(C)c(C)c(C(=C)C)c12. The standard InChI is InChI=1S/C32H40/c1-9-11-12-13-17-20-28-22(5)23(6)31-30(26-18-15-14-16-19-26)25(8)24(7)29(21(3)4)32(31)27(28)10-2/h10,14-16,18-19H,2-3,9,11-13,17,20H2,1,4-8H3. The maximum absolute atomic E-state index is 4.40. The van der Waals surface area contributed by atoms with Gasteiger partial charge in [-0.3, -0.25) is 0 Å². The molecular formula is C32H40. The molecule has 3 aromatic rings. The van der Waals surface area contributed by atoms with Gasteiger partial charge < -0.3 is 0 Å². The largest absolute Gasteiger partial charge is 0.0984 e. The minimum absolute atomic E-state index is 1.12. The van der Waals surface area contributed by atoms with E-state index in [0.29, 0.717) is 0 Å². The Morgan fingerprint density at radius 2 is 1.47 bits per heavy atom. The van der Waals surface area contributed by atoms with Crippen molar-refractivity contribution in [1.82, 2.24) is 0 Å². The van der Waals surface area contributed by atoms with Crippen LogP contribution in [0, 0.1) is 27.7 Å². The Hall–Kier alpha value is -2.60. The van der Waals surface area contributed by atoms with E-state index < -0.39 is 0 Å². The molecule has 0 unspecified atom stereocenters. The van der Waals surface area contributed by atoms with Crippen LogP contribution in [0.1, 0.15) is 84.9 Å². The fourth-order valence-corrected chi connectivity index (χ4v) is 5.36. The van der Waals surface area contributed by atoms with Gasteiger partial charge in [-0.1, -0.05) is 87.7 Å². The molecule has 0 bridgehead atoms. The van der Waals surface area contributed by atoms with E-state index in [1.165, 1.54) is 92.9 Å². The zero-order valence-electron chi connectivity index (χ0n) is 21.1. The van der Waals surface area contributed by atoms with Crippen molar-refractivity contribution in [1.29, 1.82) is 0 Å². The summed E-state index contributed by atoms with van der Waals surface area (Å²) in [5, 5.41) is 2.72. The molecule has 0 nitrogen and oxygen atoms in total. The lowest BCUT2D eigenvalue weighted by molar-refractivity contribution is 0.631. The summed E-state index contributed by atoms with van der Waals surface area (Å²) in [6.07, 6.45) is 9.72. The van der Waals surface area contributed by atoms with E-state index in [-0.39, 0.29) is 0 Å². The number of rotatable bonds is 9. The molecule has 0 amide bonds. The molecule has 32 heavy (non-hydrogen) atoms. The molecule has 3 aromatic carbocycles. The van der Waals surface area contributed by atoms with Crippen LogP contribution in [0.15, 0.2) is 43.5 Å². The highest BCUT2D eigenvalue weighted by Gasteiger charge is 2.23. The number of aryl methyl sites for hydroxylation is 1. The van der Waals surface area contributed by atoms with Crippen LogP contribution in [0.2, 0.25) is 0 Å². The Balaban J connectivity index is 2.39. The molecular weight excluding hydrogens is 384 g/mol. The Kier molecular flexibility index (Phi) is 7.77. The summed E-state index contributed by atoms with van der Waals surface area (Å²) in [7, 11) is 0. The van der Waals surface area contributed by atoms with Crippen LogP contribution in [0.25, 0.3) is 33.5 Å². The normalized spacial score (nSPS) is 11.2. The van der Waals surface area contributed by atoms with Crippen LogP contribution in [0.5, 0.6) is 0 Å². The first kappa shape index (κ1) is 24.1. The highest BCUT2D eigenvalue weighted by atomic mass is 14.3. The molecule has 0 aliphatic heterocycles. The van der Waals surface area contributed by atoms with Crippen molar-refractivity contribution in [3.63, 3.8) is 0 Å². The highest BCUT2D eigenvalue weighted by Crippen LogP contribution is 2.45. The number of unbranched alkanes of at least 4 members (excludes halogenated alkanes) is 4. The van der Waals surface area contributed by atoms with Crippen LogP contribution >= 0.6 is 0 Å². The number of hydrogen-bond donors (Lipinski definition) is 0. The van der Waals surface area contributed by atoms with E-state index >= 15 is 0 Å². The van der Waals surface area contributed by atoms with Crippen molar-refractivity contribution in [2.45, 2.75) is 80.1 Å². The third-order valence-corrected chi connectivity index (χ3v) is 7.27. The van der Waals surface area contributed by atoms with Gasteiger partial charge in [-0.05, 0) is 108 Å². The van der Waals surface area contributed by atoms with Crippen molar-refractivity contribution < 1.29 is 0 Å². The van der Waals surface area contributed by atoms with Gasteiger partial charge in [0.2, 0.25) is 0 Å². The molecule has 0 fully saturated rings. The molecule has 0 aliphatic carbocycles. The minimum Gasteiger partial charge on any atom is -0.0984 e. The summed E-state index contributed by atoms with van der Waals surface area (Å²) in [5.41, 5.74) is 13.4. The molecule has 0 heteroatoms. The third-order valence-electron chi connectivity index (χ3n) is 7.27. The van der Waals surface area contributed by atoms with Crippen molar-refractivity contribution in [2.75, 3.05) is 0 Å². The van der Waals surface area contributed by atoms with Gasteiger partial charge >= 0.3 is 0 Å². The van der Waals surface area contributed by atoms with E-state index in [9.17, 15) is 0 Å². The second-order valence-electron chi connectivity index (χ2n) is 9.41. The molecule has 0 saturated heterocycles. The average Bonchev–Trinajstić information content (AvgIpc) is 2.78. The van der Waals surface area contributed by atoms with Crippen LogP contribution in [0.3, 0.4) is 0 Å². The second-order valence-corrected chi connectivity index (χ2v) is 9.41. The van der Waals surface area contributed by atoms with Gasteiger partial charge in [0.15, 0.2) is 0 Å². The summed E-state index contributed by atoms with van der Waals surface area (Å²) < 4.78 is 0. The Morgan fingerprint density at radius 1 is 0.812 bits per heavy atom. The topological polar surface area (TPSA) is 0 Å². The summed E-state index contributed by atoms with van der Waals surface area (Å²) in [5.74, 6) is 0. The minimum atomic E-state index is 1.12. The molecule has 0 saturated carbocycles. The molecule has 0 atom stereocenters. The molecule has 0 spiro atoms. The number of hydrogen-bond acceptors (Lipinski definition) is 0. The molecule has 0 heterocycles. The molecule has 0 N–H and O–H groups in total. The Labute approximate surface area is 196 Å². The highest BCUT2D eigenvalue weighted by molar-refractivity contribution is 6.11. The van der Waals surface area contributed by atoms with Crippen molar-refractivity contribution in [2.24, 2.45) is 0 Å². The zero-order chi connectivity index (χ0) is 23.4. The zero-order valence-corrected chi connectivity index (χ0v) is 21.1. The van der Waals surface area contributed by atoms with Gasteiger partial charge in [-0.25, -0.2) is 0 Å². The number of fused-ring (bicyclic) bond motifs is 1. The number of allylic oxidation sites excluding steroid dienone is 1. The predicted octanol–water partition coefficient (Wildman–Crippen LogP) is 9.93. The number of benzene rings is 3. The molecule has 168 valence electrons. The van der Waals surface area contributed by atoms with Crippen LogP contribution in [-0.4, -0.2) is 0 Å². The van der Waals surface area contributed by atoms with Crippen molar-refractivity contribution in [3.8, 4) is 11.1 Å². The van der Waals surface area contributed by atoms with Gasteiger partial charge in [0, 0.05) is 0 Å². The molecule has 0 aliphatic rings. The van der Waals surface area contributed by atoms with Gasteiger partial charge in [0.05, 0.1) is 0 Å². The molecule has 0 aromatic heterocycles. The van der Waals surface area contributed by atoms with Gasteiger partial charge in [0.1, 0.15) is 0 Å². The van der Waals surface area contributed by atoms with Crippen LogP contribution < -0.4 is 0 Å². The smallest absolute Gasteiger partial charge is 0.00219 e. The predicted molar refractivity (Wildman–Crippen MR) is 146 cm³/mol. The summed E-state index contributed by atoms with van der Waals surface area (Å²) in [4.78, 5) is 0. The summed E-state index contributed by atoms with van der Waals surface area (Å²) >= 11 is 0. The van der Waals surface area contributed by atoms with E-state index in [2.05, 4.69) is 91.1 Å². The fraction of sp³-hybridized carbons (Fsp3) is 0.375. The first-order valence-electron chi connectivity index (χ1n) is 12.3. The first-order valence-corrected chi connectivity index (χ1v) is 12.3. The second kappa shape index (κ2) is 10.3.